The van der Waals surface area contributed by atoms with E-state index in [4.69, 9.17) is 10.00 Å². The molecule has 5 heteroatoms. The number of nitrogens with one attached hydrogen (secondary N) is 1. The third-order valence-electron chi connectivity index (χ3n) is 2.82. The molecule has 1 aromatic rings. The number of carbonyl (C=O) groups is 1. The minimum absolute atomic E-state index is 0.0231. The van der Waals surface area contributed by atoms with Gasteiger partial charge in [-0.25, -0.2) is 0 Å². The number of rotatable bonds is 7. The molecule has 0 spiro atoms. The van der Waals surface area contributed by atoms with Gasteiger partial charge in [0, 0.05) is 13.1 Å². The molecule has 0 fully saturated rings. The molecule has 0 aromatic heterocycles. The summed E-state index contributed by atoms with van der Waals surface area (Å²) in [5, 5.41) is 11.8. The third-order valence-corrected chi connectivity index (χ3v) is 2.82. The Hall–Kier alpha value is -2.06. The second-order valence-corrected chi connectivity index (χ2v) is 4.67. The van der Waals surface area contributed by atoms with E-state index in [1.807, 2.05) is 31.0 Å². The molecule has 1 amide bonds. The van der Waals surface area contributed by atoms with Gasteiger partial charge in [0.25, 0.3) is 0 Å². The maximum absolute atomic E-state index is 11.6. The van der Waals surface area contributed by atoms with Crippen molar-refractivity contribution in [2.45, 2.75) is 19.9 Å². The van der Waals surface area contributed by atoms with Crippen molar-refractivity contribution in [1.82, 2.24) is 10.2 Å². The summed E-state index contributed by atoms with van der Waals surface area (Å²) in [5.41, 5.74) is 1.52. The molecule has 0 saturated carbocycles. The van der Waals surface area contributed by atoms with Crippen LogP contribution >= 0.6 is 0 Å². The average molecular weight is 275 g/mol. The second kappa shape index (κ2) is 8.18. The number of benzene rings is 1. The first kappa shape index (κ1) is 16.0. The van der Waals surface area contributed by atoms with E-state index in [9.17, 15) is 4.79 Å². The van der Waals surface area contributed by atoms with E-state index in [0.717, 1.165) is 12.0 Å². The van der Waals surface area contributed by atoms with Crippen LogP contribution in [-0.4, -0.2) is 38.1 Å². The Morgan fingerprint density at radius 1 is 1.50 bits per heavy atom. The number of carbonyl (C=O) groups excluding carboxylic acids is 1. The first-order valence-electron chi connectivity index (χ1n) is 6.63. The molecule has 5 nitrogen and oxygen atoms in total. The predicted octanol–water partition coefficient (Wildman–Crippen LogP) is 1.52. The van der Waals surface area contributed by atoms with Crippen LogP contribution in [0.1, 0.15) is 24.5 Å². The number of amides is 1. The van der Waals surface area contributed by atoms with Crippen molar-refractivity contribution in [2.75, 3.05) is 27.2 Å². The molecule has 1 rings (SSSR count). The van der Waals surface area contributed by atoms with Crippen LogP contribution in [-0.2, 0) is 11.3 Å². The molecular weight excluding hydrogens is 254 g/mol. The van der Waals surface area contributed by atoms with E-state index in [-0.39, 0.29) is 5.91 Å². The number of methoxy groups -OCH3 is 1. The number of ether oxygens (including phenoxy) is 1. The maximum Gasteiger partial charge on any atom is 0.234 e. The highest BCUT2D eigenvalue weighted by Crippen LogP contribution is 2.19. The standard InChI is InChI=1S/C15H21N3O2/c1-4-7-17-15(19)11-18(2)10-12-5-6-13(9-16)14(8-12)20-3/h5-6,8H,4,7,10-11H2,1-3H3,(H,17,19). The SMILES string of the molecule is CCCNC(=O)CN(C)Cc1ccc(C#N)c(OC)c1. The smallest absolute Gasteiger partial charge is 0.234 e. The van der Waals surface area contributed by atoms with Gasteiger partial charge in [-0.1, -0.05) is 13.0 Å². The van der Waals surface area contributed by atoms with Gasteiger partial charge >= 0.3 is 0 Å². The van der Waals surface area contributed by atoms with Crippen molar-refractivity contribution in [3.8, 4) is 11.8 Å². The van der Waals surface area contributed by atoms with E-state index < -0.39 is 0 Å². The zero-order valence-electron chi connectivity index (χ0n) is 12.3. The van der Waals surface area contributed by atoms with Crippen LogP contribution in [0.3, 0.4) is 0 Å². The highest BCUT2D eigenvalue weighted by atomic mass is 16.5. The average Bonchev–Trinajstić information content (AvgIpc) is 2.44. The summed E-state index contributed by atoms with van der Waals surface area (Å²) in [6.07, 6.45) is 0.933. The van der Waals surface area contributed by atoms with Crippen LogP contribution in [0.15, 0.2) is 18.2 Å². The summed E-state index contributed by atoms with van der Waals surface area (Å²) in [4.78, 5) is 13.5. The summed E-state index contributed by atoms with van der Waals surface area (Å²) in [7, 11) is 3.43. The van der Waals surface area contributed by atoms with Gasteiger partial charge in [-0.15, -0.1) is 0 Å². The molecule has 0 atom stereocenters. The topological polar surface area (TPSA) is 65.4 Å². The largest absolute Gasteiger partial charge is 0.495 e. The Labute approximate surface area is 120 Å². The van der Waals surface area contributed by atoms with Gasteiger partial charge in [0.05, 0.1) is 19.2 Å². The molecule has 0 unspecified atom stereocenters. The molecule has 0 aliphatic carbocycles. The number of nitriles is 1. The third kappa shape index (κ3) is 4.90. The number of likely N-dealkylation sites (N-methyl/N-ethyl adjacent to an activating group) is 1. The maximum atomic E-state index is 11.6. The monoisotopic (exact) mass is 275 g/mol. The van der Waals surface area contributed by atoms with Crippen molar-refractivity contribution < 1.29 is 9.53 Å². The fraction of sp³-hybridized carbons (Fsp3) is 0.467. The molecular formula is C15H21N3O2. The highest BCUT2D eigenvalue weighted by Gasteiger charge is 2.08. The summed E-state index contributed by atoms with van der Waals surface area (Å²) >= 11 is 0. The van der Waals surface area contributed by atoms with Gasteiger partial charge in [-0.05, 0) is 31.2 Å². The van der Waals surface area contributed by atoms with Gasteiger partial charge in [0.15, 0.2) is 0 Å². The quantitative estimate of drug-likeness (QED) is 0.819. The van der Waals surface area contributed by atoms with Crippen molar-refractivity contribution >= 4 is 5.91 Å². The lowest BCUT2D eigenvalue weighted by atomic mass is 10.1. The van der Waals surface area contributed by atoms with Gasteiger partial charge in [0.1, 0.15) is 11.8 Å². The second-order valence-electron chi connectivity index (χ2n) is 4.67. The first-order valence-corrected chi connectivity index (χ1v) is 6.63. The van der Waals surface area contributed by atoms with E-state index in [0.29, 0.717) is 30.9 Å². The Bertz CT molecular complexity index is 494. The minimum Gasteiger partial charge on any atom is -0.495 e. The van der Waals surface area contributed by atoms with E-state index in [2.05, 4.69) is 11.4 Å². The minimum atomic E-state index is 0.0231. The predicted molar refractivity (Wildman–Crippen MR) is 77.3 cm³/mol. The lowest BCUT2D eigenvalue weighted by Crippen LogP contribution is -2.35. The molecule has 0 aliphatic heterocycles. The van der Waals surface area contributed by atoms with Gasteiger partial charge in [-0.3, -0.25) is 9.69 Å². The van der Waals surface area contributed by atoms with Crippen LogP contribution in [0.25, 0.3) is 0 Å². The van der Waals surface area contributed by atoms with Crippen molar-refractivity contribution in [3.63, 3.8) is 0 Å². The molecule has 0 saturated heterocycles. The summed E-state index contributed by atoms with van der Waals surface area (Å²) in [6.45, 7) is 3.70. The Morgan fingerprint density at radius 3 is 2.85 bits per heavy atom. The lowest BCUT2D eigenvalue weighted by molar-refractivity contribution is -0.122. The summed E-state index contributed by atoms with van der Waals surface area (Å²) in [6, 6.07) is 7.52. The highest BCUT2D eigenvalue weighted by molar-refractivity contribution is 5.77. The van der Waals surface area contributed by atoms with Crippen LogP contribution in [0.4, 0.5) is 0 Å². The molecule has 0 aliphatic rings. The number of hydrogen-bond donors (Lipinski definition) is 1. The van der Waals surface area contributed by atoms with Crippen molar-refractivity contribution in [3.05, 3.63) is 29.3 Å². The Kier molecular flexibility index (Phi) is 6.54. The van der Waals surface area contributed by atoms with Crippen LogP contribution in [0.2, 0.25) is 0 Å². The van der Waals surface area contributed by atoms with Crippen molar-refractivity contribution in [1.29, 1.82) is 5.26 Å². The molecule has 108 valence electrons. The number of hydrogen-bond acceptors (Lipinski definition) is 4. The molecule has 1 N–H and O–H groups in total. The molecule has 0 bridgehead atoms. The van der Waals surface area contributed by atoms with Crippen molar-refractivity contribution in [2.24, 2.45) is 0 Å². The molecule has 0 radical (unpaired) electrons. The first-order chi connectivity index (χ1) is 9.60. The molecule has 20 heavy (non-hydrogen) atoms. The van der Waals surface area contributed by atoms with E-state index >= 15 is 0 Å². The zero-order valence-corrected chi connectivity index (χ0v) is 12.3. The Morgan fingerprint density at radius 2 is 2.25 bits per heavy atom. The van der Waals surface area contributed by atoms with E-state index in [1.54, 1.807) is 13.2 Å². The van der Waals surface area contributed by atoms with Gasteiger partial charge in [0.2, 0.25) is 5.91 Å². The normalized spacial score (nSPS) is 10.2. The lowest BCUT2D eigenvalue weighted by Gasteiger charge is -2.17. The molecule has 0 heterocycles. The Balaban J connectivity index is 2.60. The fourth-order valence-corrected chi connectivity index (χ4v) is 1.86. The van der Waals surface area contributed by atoms with Crippen LogP contribution in [0, 0.1) is 11.3 Å². The fourth-order valence-electron chi connectivity index (χ4n) is 1.86. The summed E-state index contributed by atoms with van der Waals surface area (Å²) in [5.74, 6) is 0.587. The van der Waals surface area contributed by atoms with Gasteiger partial charge in [-0.2, -0.15) is 5.26 Å². The van der Waals surface area contributed by atoms with Gasteiger partial charge < -0.3 is 10.1 Å². The molecule has 1 aromatic carbocycles. The van der Waals surface area contributed by atoms with Crippen LogP contribution in [0.5, 0.6) is 5.75 Å². The number of nitrogens with zero attached hydrogens (tertiary/aromatic N) is 2. The van der Waals surface area contributed by atoms with Crippen LogP contribution < -0.4 is 10.1 Å². The zero-order chi connectivity index (χ0) is 15.0. The summed E-state index contributed by atoms with van der Waals surface area (Å²) < 4.78 is 5.17. The van der Waals surface area contributed by atoms with E-state index in [1.165, 1.54) is 0 Å².